The minimum atomic E-state index is -0.971. The number of carboxylic acids is 2. The number of hydrogen-bond acceptors (Lipinski definition) is 4. The van der Waals surface area contributed by atoms with Gasteiger partial charge in [-0.15, -0.1) is 0 Å². The van der Waals surface area contributed by atoms with E-state index >= 15 is 0 Å². The van der Waals surface area contributed by atoms with E-state index in [2.05, 4.69) is 170 Å². The summed E-state index contributed by atoms with van der Waals surface area (Å²) in [7, 11) is 0. The van der Waals surface area contributed by atoms with Gasteiger partial charge in [-0.05, 0) is 126 Å². The molecule has 0 saturated heterocycles. The Hall–Kier alpha value is -8.74. The lowest BCUT2D eigenvalue weighted by Crippen LogP contribution is -2.28. The molecular weight excluding hydrogens is 829 g/mol. The highest BCUT2D eigenvalue weighted by Gasteiger charge is 2.46. The number of benzene rings is 10. The van der Waals surface area contributed by atoms with Gasteiger partial charge in [0.2, 0.25) is 0 Å². The molecule has 6 heteroatoms. The van der Waals surface area contributed by atoms with E-state index in [9.17, 15) is 19.8 Å². The molecule has 0 spiro atoms. The lowest BCUT2D eigenvalue weighted by atomic mass is 9.67. The van der Waals surface area contributed by atoms with Crippen molar-refractivity contribution in [3.05, 3.63) is 263 Å². The van der Waals surface area contributed by atoms with Crippen molar-refractivity contribution < 1.29 is 29.3 Å². The quantitative estimate of drug-likeness (QED) is 0.127. The van der Waals surface area contributed by atoms with E-state index in [4.69, 9.17) is 9.47 Å². The second kappa shape index (κ2) is 17.0. The topological polar surface area (TPSA) is 93.1 Å². The predicted octanol–water partition coefficient (Wildman–Crippen LogP) is 14.2. The molecule has 67 heavy (non-hydrogen) atoms. The minimum absolute atomic E-state index is 0.224. The Bertz CT molecular complexity index is 3290. The predicted molar refractivity (Wildman–Crippen MR) is 265 cm³/mol. The maximum absolute atomic E-state index is 11.6. The van der Waals surface area contributed by atoms with Crippen molar-refractivity contribution in [1.82, 2.24) is 0 Å². The van der Waals surface area contributed by atoms with E-state index < -0.39 is 17.4 Å². The van der Waals surface area contributed by atoms with Gasteiger partial charge in [0.1, 0.15) is 24.7 Å². The molecule has 0 fully saturated rings. The minimum Gasteiger partial charge on any atom is -0.488 e. The van der Waals surface area contributed by atoms with E-state index in [-0.39, 0.29) is 24.3 Å². The number of hydrogen-bond donors (Lipinski definition) is 2. The molecule has 0 radical (unpaired) electrons. The SMILES string of the molecule is O=C(O)c1ccc(COc2ccc(C3(c4ccc(OCc5ccc(C(=O)O)cc5)c(-c5cccc6ccccc56)c4)c4ccccc4-c4ccccc43)cc2-c2cccc3ccccc23)cc1. The summed E-state index contributed by atoms with van der Waals surface area (Å²) in [6.45, 7) is 0.487. The van der Waals surface area contributed by atoms with Gasteiger partial charge in [0.25, 0.3) is 0 Å². The van der Waals surface area contributed by atoms with Gasteiger partial charge >= 0.3 is 11.9 Å². The normalized spacial score (nSPS) is 12.4. The zero-order valence-electron chi connectivity index (χ0n) is 36.2. The van der Waals surface area contributed by atoms with Crippen LogP contribution in [0.2, 0.25) is 0 Å². The van der Waals surface area contributed by atoms with Crippen LogP contribution in [0.3, 0.4) is 0 Å². The Labute approximate surface area is 387 Å². The molecule has 0 aromatic heterocycles. The standard InChI is InChI=1S/C61H42O6/c62-59(63)43-27-23-39(24-28-43)37-66-57-33-31-45(35-53(57)49-19-9-13-41-11-1-3-15-47(41)49)61(55-21-7-5-17-51(55)52-18-6-8-22-56(52)61)46-32-34-58(67-38-40-25-29-44(30-26-40)60(64)65)54(36-46)50-20-10-14-42-12-2-4-16-48(42)50/h1-36H,37-38H2,(H,62,63)(H,64,65). The van der Waals surface area contributed by atoms with E-state index in [1.54, 1.807) is 48.5 Å². The van der Waals surface area contributed by atoms with Crippen LogP contribution in [0.5, 0.6) is 11.5 Å². The smallest absolute Gasteiger partial charge is 0.335 e. The third-order valence-corrected chi connectivity index (χ3v) is 13.1. The molecule has 0 heterocycles. The van der Waals surface area contributed by atoms with Crippen molar-refractivity contribution in [3.63, 3.8) is 0 Å². The Morgan fingerprint density at radius 2 is 0.746 bits per heavy atom. The Balaban J connectivity index is 1.14. The molecular formula is C61H42O6. The molecule has 0 aliphatic heterocycles. The number of ether oxygens (including phenoxy) is 2. The third-order valence-electron chi connectivity index (χ3n) is 13.1. The average molecular weight is 871 g/mol. The summed E-state index contributed by atoms with van der Waals surface area (Å²) in [4.78, 5) is 23.3. The van der Waals surface area contributed by atoms with Crippen molar-refractivity contribution >= 4 is 33.5 Å². The number of carboxylic acid groups (broad SMARTS) is 2. The van der Waals surface area contributed by atoms with Crippen LogP contribution in [-0.2, 0) is 18.6 Å². The highest BCUT2D eigenvalue weighted by Crippen LogP contribution is 2.58. The van der Waals surface area contributed by atoms with Crippen LogP contribution in [0.4, 0.5) is 0 Å². The molecule has 1 aliphatic carbocycles. The second-order valence-electron chi connectivity index (χ2n) is 16.9. The molecule has 0 amide bonds. The number of aromatic carboxylic acids is 2. The summed E-state index contributed by atoms with van der Waals surface area (Å²) in [5.41, 5.74) is 12.0. The molecule has 6 nitrogen and oxygen atoms in total. The molecule has 10 aromatic rings. The van der Waals surface area contributed by atoms with E-state index in [1.165, 1.54) is 0 Å². The van der Waals surface area contributed by atoms with Gasteiger partial charge in [-0.3, -0.25) is 0 Å². The summed E-state index contributed by atoms with van der Waals surface area (Å²) >= 11 is 0. The third kappa shape index (κ3) is 7.25. The molecule has 0 saturated carbocycles. The molecule has 1 aliphatic rings. The van der Waals surface area contributed by atoms with Crippen LogP contribution in [0.15, 0.2) is 218 Å². The van der Waals surface area contributed by atoms with Crippen molar-refractivity contribution in [2.75, 3.05) is 0 Å². The maximum Gasteiger partial charge on any atom is 0.335 e. The Morgan fingerprint density at radius 1 is 0.373 bits per heavy atom. The summed E-state index contributed by atoms with van der Waals surface area (Å²) < 4.78 is 13.5. The molecule has 11 rings (SSSR count). The molecule has 2 N–H and O–H groups in total. The van der Waals surface area contributed by atoms with Crippen LogP contribution >= 0.6 is 0 Å². The largest absolute Gasteiger partial charge is 0.488 e. The maximum atomic E-state index is 11.6. The highest BCUT2D eigenvalue weighted by molar-refractivity contribution is 6.00. The van der Waals surface area contributed by atoms with Gasteiger partial charge in [-0.2, -0.15) is 0 Å². The highest BCUT2D eigenvalue weighted by atomic mass is 16.5. The molecule has 0 atom stereocenters. The van der Waals surface area contributed by atoms with E-state index in [0.717, 1.165) is 88.3 Å². The van der Waals surface area contributed by atoms with Crippen LogP contribution in [0, 0.1) is 0 Å². The number of fused-ring (bicyclic) bond motifs is 5. The van der Waals surface area contributed by atoms with Crippen molar-refractivity contribution in [2.24, 2.45) is 0 Å². The number of rotatable bonds is 12. The monoisotopic (exact) mass is 870 g/mol. The van der Waals surface area contributed by atoms with Crippen LogP contribution in [0.25, 0.3) is 54.9 Å². The van der Waals surface area contributed by atoms with Crippen LogP contribution < -0.4 is 9.47 Å². The molecule has 322 valence electrons. The van der Waals surface area contributed by atoms with Gasteiger partial charge in [0, 0.05) is 11.1 Å². The van der Waals surface area contributed by atoms with E-state index in [0.29, 0.717) is 11.5 Å². The van der Waals surface area contributed by atoms with Gasteiger partial charge in [-0.1, -0.05) is 170 Å². The molecule has 0 bridgehead atoms. The van der Waals surface area contributed by atoms with Gasteiger partial charge < -0.3 is 19.7 Å². The fraction of sp³-hybridized carbons (Fsp3) is 0.0492. The summed E-state index contributed by atoms with van der Waals surface area (Å²) in [5.74, 6) is -0.537. The fourth-order valence-corrected chi connectivity index (χ4v) is 9.95. The van der Waals surface area contributed by atoms with E-state index in [1.807, 2.05) is 0 Å². The molecule has 10 aromatic carbocycles. The van der Waals surface area contributed by atoms with Crippen molar-refractivity contribution in [3.8, 4) is 44.9 Å². The van der Waals surface area contributed by atoms with Crippen LogP contribution in [0.1, 0.15) is 54.1 Å². The van der Waals surface area contributed by atoms with Crippen molar-refractivity contribution in [2.45, 2.75) is 18.6 Å². The van der Waals surface area contributed by atoms with Crippen LogP contribution in [-0.4, -0.2) is 22.2 Å². The Morgan fingerprint density at radius 3 is 1.18 bits per heavy atom. The first-order chi connectivity index (χ1) is 32.9. The average Bonchev–Trinajstić information content (AvgIpc) is 3.68. The first-order valence-electron chi connectivity index (χ1n) is 22.2. The van der Waals surface area contributed by atoms with Gasteiger partial charge in [-0.25, -0.2) is 9.59 Å². The summed E-state index contributed by atoms with van der Waals surface area (Å²) in [6.07, 6.45) is 0. The first kappa shape index (κ1) is 41.0. The number of carbonyl (C=O) groups is 2. The zero-order chi connectivity index (χ0) is 45.5. The lowest BCUT2D eigenvalue weighted by Gasteiger charge is -2.35. The zero-order valence-corrected chi connectivity index (χ0v) is 36.2. The second-order valence-corrected chi connectivity index (χ2v) is 16.9. The van der Waals surface area contributed by atoms with Crippen molar-refractivity contribution in [1.29, 1.82) is 0 Å². The first-order valence-corrected chi connectivity index (χ1v) is 22.2. The van der Waals surface area contributed by atoms with Gasteiger partial charge in [0.05, 0.1) is 16.5 Å². The summed E-state index contributed by atoms with van der Waals surface area (Å²) in [5, 5.41) is 23.5. The molecule has 0 unspecified atom stereocenters. The Kier molecular flexibility index (Phi) is 10.4. The summed E-state index contributed by atoms with van der Waals surface area (Å²) in [6, 6.07) is 73.7. The fourth-order valence-electron chi connectivity index (χ4n) is 9.95. The van der Waals surface area contributed by atoms with Gasteiger partial charge in [0.15, 0.2) is 0 Å². The lowest BCUT2D eigenvalue weighted by molar-refractivity contribution is 0.0686.